The van der Waals surface area contributed by atoms with Gasteiger partial charge in [0.1, 0.15) is 0 Å². The molecule has 1 aliphatic heterocycles. The fourth-order valence-corrected chi connectivity index (χ4v) is 2.70. The monoisotopic (exact) mass is 308 g/mol. The van der Waals surface area contributed by atoms with Gasteiger partial charge in [-0.05, 0) is 18.6 Å². The number of carbonyl (C=O) groups excluding carboxylic acids is 1. The minimum atomic E-state index is -0.503. The molecule has 1 fully saturated rings. The lowest BCUT2D eigenvalue weighted by molar-refractivity contribution is -0.117. The van der Waals surface area contributed by atoms with Crippen LogP contribution < -0.4 is 10.6 Å². The summed E-state index contributed by atoms with van der Waals surface area (Å²) < 4.78 is 0. The molecule has 4 nitrogen and oxygen atoms in total. The van der Waals surface area contributed by atoms with E-state index in [9.17, 15) is 9.90 Å². The Morgan fingerprint density at radius 1 is 1.33 bits per heavy atom. The standard InChI is InChI=1S/C11H11Cl3N2O2/c12-5-1-7(13)10(8(14)2-5)16-11(18)9-3-6(17)4-15-9/h1-2,6,9,15,17H,3-4H2,(H,16,18). The van der Waals surface area contributed by atoms with Crippen molar-refractivity contribution in [2.75, 3.05) is 11.9 Å². The largest absolute Gasteiger partial charge is 0.392 e. The number of benzene rings is 1. The Morgan fingerprint density at radius 2 is 1.94 bits per heavy atom. The van der Waals surface area contributed by atoms with Gasteiger partial charge in [-0.15, -0.1) is 0 Å². The van der Waals surface area contributed by atoms with Crippen LogP contribution in [0.1, 0.15) is 6.42 Å². The normalized spacial score (nSPS) is 23.1. The van der Waals surface area contributed by atoms with Crippen molar-refractivity contribution in [3.63, 3.8) is 0 Å². The van der Waals surface area contributed by atoms with Gasteiger partial charge in [0.2, 0.25) is 5.91 Å². The molecule has 1 aromatic carbocycles. The number of amides is 1. The lowest BCUT2D eigenvalue weighted by atomic mass is 10.2. The van der Waals surface area contributed by atoms with Gasteiger partial charge >= 0.3 is 0 Å². The lowest BCUT2D eigenvalue weighted by Crippen LogP contribution is -2.35. The van der Waals surface area contributed by atoms with E-state index in [0.29, 0.717) is 23.7 Å². The summed E-state index contributed by atoms with van der Waals surface area (Å²) in [6, 6.07) is 2.56. The Bertz CT molecular complexity index is 458. The Hall–Kier alpha value is -0.520. The quantitative estimate of drug-likeness (QED) is 0.785. The summed E-state index contributed by atoms with van der Waals surface area (Å²) in [4.78, 5) is 11.9. The fourth-order valence-electron chi connectivity index (χ4n) is 1.79. The molecule has 0 spiro atoms. The van der Waals surface area contributed by atoms with Gasteiger partial charge in [0.15, 0.2) is 0 Å². The molecule has 1 aliphatic rings. The number of aliphatic hydroxyl groups excluding tert-OH is 1. The smallest absolute Gasteiger partial charge is 0.241 e. The molecule has 0 bridgehead atoms. The third kappa shape index (κ3) is 3.08. The summed E-state index contributed by atoms with van der Waals surface area (Å²) in [7, 11) is 0. The molecule has 1 amide bonds. The molecule has 3 N–H and O–H groups in total. The molecular formula is C11H11Cl3N2O2. The highest BCUT2D eigenvalue weighted by atomic mass is 35.5. The third-order valence-corrected chi connectivity index (χ3v) is 3.49. The molecule has 98 valence electrons. The maximum atomic E-state index is 11.9. The zero-order valence-corrected chi connectivity index (χ0v) is 11.5. The number of carbonyl (C=O) groups is 1. The van der Waals surface area contributed by atoms with E-state index < -0.39 is 12.1 Å². The number of hydrogen-bond donors (Lipinski definition) is 3. The highest BCUT2D eigenvalue weighted by Crippen LogP contribution is 2.33. The summed E-state index contributed by atoms with van der Waals surface area (Å²) in [6.45, 7) is 0.403. The van der Waals surface area contributed by atoms with Crippen molar-refractivity contribution in [3.8, 4) is 0 Å². The zero-order chi connectivity index (χ0) is 13.3. The predicted molar refractivity (Wildman–Crippen MR) is 72.5 cm³/mol. The number of nitrogens with one attached hydrogen (secondary N) is 2. The van der Waals surface area contributed by atoms with Crippen molar-refractivity contribution in [2.24, 2.45) is 0 Å². The minimum Gasteiger partial charge on any atom is -0.392 e. The highest BCUT2D eigenvalue weighted by molar-refractivity contribution is 6.42. The van der Waals surface area contributed by atoms with E-state index in [-0.39, 0.29) is 16.0 Å². The van der Waals surface area contributed by atoms with Crippen molar-refractivity contribution in [3.05, 3.63) is 27.2 Å². The number of halogens is 3. The first-order valence-corrected chi connectivity index (χ1v) is 6.47. The van der Waals surface area contributed by atoms with Crippen LogP contribution in [0.3, 0.4) is 0 Å². The first-order valence-electron chi connectivity index (χ1n) is 5.34. The van der Waals surface area contributed by atoms with Crippen LogP contribution >= 0.6 is 34.8 Å². The second-order valence-corrected chi connectivity index (χ2v) is 5.33. The van der Waals surface area contributed by atoms with Gasteiger partial charge in [0.05, 0.1) is 27.9 Å². The number of hydrogen-bond acceptors (Lipinski definition) is 3. The van der Waals surface area contributed by atoms with Gasteiger partial charge < -0.3 is 15.7 Å². The first-order chi connectivity index (χ1) is 8.47. The first kappa shape index (κ1) is 13.9. The summed E-state index contributed by atoms with van der Waals surface area (Å²) in [5, 5.41) is 15.8. The molecule has 0 aliphatic carbocycles. The molecule has 0 saturated carbocycles. The summed E-state index contributed by atoms with van der Waals surface area (Å²) in [5.74, 6) is -0.280. The van der Waals surface area contributed by atoms with E-state index in [4.69, 9.17) is 34.8 Å². The van der Waals surface area contributed by atoms with Gasteiger partial charge in [-0.3, -0.25) is 4.79 Å². The van der Waals surface area contributed by atoms with Crippen LogP contribution in [0.5, 0.6) is 0 Å². The fraction of sp³-hybridized carbons (Fsp3) is 0.364. The molecule has 7 heteroatoms. The lowest BCUT2D eigenvalue weighted by Gasteiger charge is -2.13. The molecule has 18 heavy (non-hydrogen) atoms. The van der Waals surface area contributed by atoms with Crippen molar-refractivity contribution in [2.45, 2.75) is 18.6 Å². The van der Waals surface area contributed by atoms with Crippen LogP contribution in [0.15, 0.2) is 12.1 Å². The third-order valence-electron chi connectivity index (χ3n) is 2.68. The van der Waals surface area contributed by atoms with E-state index in [0.717, 1.165) is 0 Å². The van der Waals surface area contributed by atoms with E-state index in [1.165, 1.54) is 12.1 Å². The molecule has 0 aromatic heterocycles. The molecule has 2 atom stereocenters. The second-order valence-electron chi connectivity index (χ2n) is 4.08. The maximum absolute atomic E-state index is 11.9. The summed E-state index contributed by atoms with van der Waals surface area (Å²) in [5.41, 5.74) is 0.330. The van der Waals surface area contributed by atoms with Crippen LogP contribution in [-0.2, 0) is 4.79 Å². The van der Waals surface area contributed by atoms with Crippen LogP contribution in [0.2, 0.25) is 15.1 Å². The van der Waals surface area contributed by atoms with E-state index in [1.807, 2.05) is 0 Å². The number of rotatable bonds is 2. The van der Waals surface area contributed by atoms with E-state index in [2.05, 4.69) is 10.6 Å². The van der Waals surface area contributed by atoms with Crippen molar-refractivity contribution < 1.29 is 9.90 Å². The van der Waals surface area contributed by atoms with Gasteiger partial charge in [0.25, 0.3) is 0 Å². The number of β-amino-alcohol motifs (C(OH)–C–C–N with tert-alkyl or cyclic N) is 1. The van der Waals surface area contributed by atoms with Gasteiger partial charge in [-0.1, -0.05) is 34.8 Å². The van der Waals surface area contributed by atoms with Crippen molar-refractivity contribution in [1.29, 1.82) is 0 Å². The average Bonchev–Trinajstić information content (AvgIpc) is 2.70. The van der Waals surface area contributed by atoms with Crippen LogP contribution in [0.4, 0.5) is 5.69 Å². The molecule has 1 aromatic rings. The molecule has 0 radical (unpaired) electrons. The number of aliphatic hydroxyl groups is 1. The van der Waals surface area contributed by atoms with Gasteiger partial charge in [-0.2, -0.15) is 0 Å². The van der Waals surface area contributed by atoms with Crippen LogP contribution in [-0.4, -0.2) is 29.7 Å². The SMILES string of the molecule is O=C(Nc1c(Cl)cc(Cl)cc1Cl)C1CC(O)CN1. The molecule has 2 unspecified atom stereocenters. The maximum Gasteiger partial charge on any atom is 0.241 e. The summed E-state index contributed by atoms with van der Waals surface area (Å²) in [6.07, 6.45) is -0.133. The zero-order valence-electron chi connectivity index (χ0n) is 9.21. The average molecular weight is 310 g/mol. The molecule has 1 saturated heterocycles. The minimum absolute atomic E-state index is 0.277. The van der Waals surface area contributed by atoms with E-state index in [1.54, 1.807) is 0 Å². The van der Waals surface area contributed by atoms with Crippen molar-refractivity contribution in [1.82, 2.24) is 5.32 Å². The highest BCUT2D eigenvalue weighted by Gasteiger charge is 2.28. The topological polar surface area (TPSA) is 61.4 Å². The summed E-state index contributed by atoms with van der Waals surface area (Å²) >= 11 is 17.7. The second kappa shape index (κ2) is 5.63. The van der Waals surface area contributed by atoms with Crippen LogP contribution in [0, 0.1) is 0 Å². The Morgan fingerprint density at radius 3 is 2.44 bits per heavy atom. The van der Waals surface area contributed by atoms with Crippen LogP contribution in [0.25, 0.3) is 0 Å². The van der Waals surface area contributed by atoms with E-state index >= 15 is 0 Å². The molecule has 2 rings (SSSR count). The number of anilines is 1. The van der Waals surface area contributed by atoms with Gasteiger partial charge in [-0.25, -0.2) is 0 Å². The van der Waals surface area contributed by atoms with Crippen molar-refractivity contribution >= 4 is 46.4 Å². The van der Waals surface area contributed by atoms with Gasteiger partial charge in [0, 0.05) is 11.6 Å². The molecule has 1 heterocycles. The predicted octanol–water partition coefficient (Wildman–Crippen LogP) is 2.31. The Balaban J connectivity index is 2.12. The Kier molecular flexibility index (Phi) is 4.35. The molecular weight excluding hydrogens is 298 g/mol. The Labute approximate surface area is 119 Å².